The number of ketones is 1. The van der Waals surface area contributed by atoms with E-state index in [0.29, 0.717) is 30.0 Å². The molecule has 3 rings (SSSR count). The Morgan fingerprint density at radius 3 is 2.57 bits per heavy atom. The van der Waals surface area contributed by atoms with E-state index in [1.54, 1.807) is 4.90 Å². The summed E-state index contributed by atoms with van der Waals surface area (Å²) in [5, 5.41) is 17.5. The largest absolute Gasteiger partial charge is 0.491 e. The normalized spacial score (nSPS) is 12.7. The minimum atomic E-state index is -0.848. The van der Waals surface area contributed by atoms with Crippen molar-refractivity contribution in [3.05, 3.63) is 52.3 Å². The van der Waals surface area contributed by atoms with Crippen LogP contribution < -0.4 is 9.64 Å². The summed E-state index contributed by atoms with van der Waals surface area (Å²) in [5.74, 6) is 0.0541. The van der Waals surface area contributed by atoms with Crippen molar-refractivity contribution in [2.45, 2.75) is 65.8 Å². The first-order valence-electron chi connectivity index (χ1n) is 12.5. The van der Waals surface area contributed by atoms with Crippen LogP contribution in [-0.2, 0) is 16.8 Å². The number of anilines is 1. The summed E-state index contributed by atoms with van der Waals surface area (Å²) in [6, 6.07) is 7.67. The van der Waals surface area contributed by atoms with Gasteiger partial charge in [0.1, 0.15) is 17.3 Å². The number of nitrogens with zero attached hydrogens (tertiary/aromatic N) is 3. The van der Waals surface area contributed by atoms with Gasteiger partial charge in [0.2, 0.25) is 0 Å². The number of aromatic nitrogens is 1. The number of hydrogen-bond donors (Lipinski definition) is 2. The van der Waals surface area contributed by atoms with E-state index in [1.807, 2.05) is 38.2 Å². The van der Waals surface area contributed by atoms with Crippen molar-refractivity contribution in [1.82, 2.24) is 9.88 Å². The van der Waals surface area contributed by atoms with Gasteiger partial charge in [-0.25, -0.2) is 4.98 Å². The smallest absolute Gasteiger partial charge is 0.303 e. The van der Waals surface area contributed by atoms with Crippen LogP contribution in [0.2, 0.25) is 0 Å². The number of carbonyl (C=O) groups is 2. The number of amidine groups is 1. The van der Waals surface area contributed by atoms with E-state index >= 15 is 0 Å². The van der Waals surface area contributed by atoms with Crippen molar-refractivity contribution < 1.29 is 19.4 Å². The number of benzene rings is 1. The molecule has 0 saturated heterocycles. The van der Waals surface area contributed by atoms with Crippen molar-refractivity contribution >= 4 is 40.3 Å². The Kier molecular flexibility index (Phi) is 10.3. The number of fused-ring (bicyclic) bond motifs is 1. The maximum Gasteiger partial charge on any atom is 0.303 e. The molecule has 0 fully saturated rings. The second-order valence-electron chi connectivity index (χ2n) is 10.5. The van der Waals surface area contributed by atoms with E-state index < -0.39 is 5.97 Å². The molecule has 0 bridgehead atoms. The zero-order chi connectivity index (χ0) is 26.6. The van der Waals surface area contributed by atoms with Gasteiger partial charge in [-0.15, -0.1) is 17.0 Å². The SMILES string of the molecule is Br.CCCN(C)c1cc(C(=O)CN2Cc3ccc(C)nc3C2=N)cc(C(C)(C)C)c1OCCCC(=O)O. The number of carboxylic acid groups (broad SMARTS) is 1. The highest BCUT2D eigenvalue weighted by Crippen LogP contribution is 2.40. The Labute approximate surface area is 230 Å². The fourth-order valence-corrected chi connectivity index (χ4v) is 4.37. The first-order valence-corrected chi connectivity index (χ1v) is 12.5. The second-order valence-corrected chi connectivity index (χ2v) is 10.5. The lowest BCUT2D eigenvalue weighted by molar-refractivity contribution is -0.137. The molecule has 1 aliphatic rings. The van der Waals surface area contributed by atoms with E-state index in [9.17, 15) is 9.59 Å². The molecule has 202 valence electrons. The molecule has 9 heteroatoms. The van der Waals surface area contributed by atoms with Crippen molar-refractivity contribution in [3.63, 3.8) is 0 Å². The number of aryl methyl sites for hydroxylation is 1. The number of nitrogens with one attached hydrogen (secondary N) is 1. The van der Waals surface area contributed by atoms with Gasteiger partial charge in [-0.3, -0.25) is 15.0 Å². The van der Waals surface area contributed by atoms with Gasteiger partial charge in [0.05, 0.1) is 18.8 Å². The number of carboxylic acids is 1. The van der Waals surface area contributed by atoms with Crippen LogP contribution in [0, 0.1) is 12.3 Å². The number of carbonyl (C=O) groups excluding carboxylic acids is 1. The highest BCUT2D eigenvalue weighted by Gasteiger charge is 2.30. The molecule has 1 aromatic carbocycles. The van der Waals surface area contributed by atoms with Crippen LogP contribution in [0.25, 0.3) is 0 Å². The fourth-order valence-electron chi connectivity index (χ4n) is 4.37. The minimum Gasteiger partial charge on any atom is -0.491 e. The molecule has 0 radical (unpaired) electrons. The number of Topliss-reactive ketones (excluding diaryl/α,β-unsaturated/α-hetero) is 1. The predicted molar refractivity (Wildman–Crippen MR) is 152 cm³/mol. The number of rotatable bonds is 11. The summed E-state index contributed by atoms with van der Waals surface area (Å²) >= 11 is 0. The molecule has 2 heterocycles. The van der Waals surface area contributed by atoms with E-state index in [4.69, 9.17) is 15.3 Å². The van der Waals surface area contributed by atoms with Crippen LogP contribution in [0.3, 0.4) is 0 Å². The number of hydrogen-bond acceptors (Lipinski definition) is 6. The van der Waals surface area contributed by atoms with Crippen molar-refractivity contribution in [2.75, 3.05) is 31.6 Å². The summed E-state index contributed by atoms with van der Waals surface area (Å²) in [5.41, 5.74) is 4.44. The summed E-state index contributed by atoms with van der Waals surface area (Å²) in [4.78, 5) is 32.8. The lowest BCUT2D eigenvalue weighted by atomic mass is 9.84. The molecular weight excluding hydrogens is 536 g/mol. The summed E-state index contributed by atoms with van der Waals surface area (Å²) in [7, 11) is 1.98. The third-order valence-corrected chi connectivity index (χ3v) is 6.31. The van der Waals surface area contributed by atoms with E-state index in [1.165, 1.54) is 0 Å². The first-order chi connectivity index (χ1) is 16.9. The van der Waals surface area contributed by atoms with Gasteiger partial charge in [-0.05, 0) is 43.4 Å². The standard InChI is InChI=1S/C28H38N4O4.BrH/c1-7-12-31(6)22-15-20(14-21(28(3,4)5)26(22)36-13-8-9-24(34)35)23(33)17-32-16-19-11-10-18(2)30-25(19)27(32)29;/h10-11,14-15,29H,7-9,12-13,16-17H2,1-6H3,(H,34,35);1H. The Balaban J connectivity index is 0.00000481. The van der Waals surface area contributed by atoms with Crippen LogP contribution in [0.15, 0.2) is 24.3 Å². The van der Waals surface area contributed by atoms with Crippen molar-refractivity contribution in [2.24, 2.45) is 0 Å². The second kappa shape index (κ2) is 12.5. The van der Waals surface area contributed by atoms with Gasteiger partial charge in [-0.2, -0.15) is 0 Å². The highest BCUT2D eigenvalue weighted by atomic mass is 79.9. The quantitative estimate of drug-likeness (QED) is 0.274. The van der Waals surface area contributed by atoms with Crippen LogP contribution in [0.4, 0.5) is 5.69 Å². The summed E-state index contributed by atoms with van der Waals surface area (Å²) < 4.78 is 6.18. The van der Waals surface area contributed by atoms with E-state index in [2.05, 4.69) is 37.6 Å². The number of ether oxygens (including phenoxy) is 1. The monoisotopic (exact) mass is 574 g/mol. The topological polar surface area (TPSA) is 107 Å². The fraction of sp³-hybridized carbons (Fsp3) is 0.500. The average molecular weight is 576 g/mol. The van der Waals surface area contributed by atoms with Gasteiger partial charge in [-0.1, -0.05) is 33.8 Å². The van der Waals surface area contributed by atoms with E-state index in [-0.39, 0.29) is 53.6 Å². The summed E-state index contributed by atoms with van der Waals surface area (Å²) in [6.45, 7) is 11.9. The molecule has 0 spiro atoms. The third kappa shape index (κ3) is 7.31. The zero-order valence-electron chi connectivity index (χ0n) is 22.7. The molecule has 0 unspecified atom stereocenters. The molecule has 2 N–H and O–H groups in total. The molecular formula is C28H39BrN4O4. The van der Waals surface area contributed by atoms with Crippen molar-refractivity contribution in [3.8, 4) is 5.75 Å². The van der Waals surface area contributed by atoms with Gasteiger partial charge >= 0.3 is 5.97 Å². The number of pyridine rings is 1. The Morgan fingerprint density at radius 1 is 1.24 bits per heavy atom. The minimum absolute atomic E-state index is 0. The number of aliphatic carboxylic acids is 1. The maximum atomic E-state index is 13.5. The van der Waals surface area contributed by atoms with Crippen LogP contribution >= 0.6 is 17.0 Å². The Hall–Kier alpha value is -2.94. The predicted octanol–water partition coefficient (Wildman–Crippen LogP) is 5.38. The molecule has 1 aromatic heterocycles. The van der Waals surface area contributed by atoms with Crippen LogP contribution in [0.5, 0.6) is 5.75 Å². The molecule has 8 nitrogen and oxygen atoms in total. The summed E-state index contributed by atoms with van der Waals surface area (Å²) in [6.07, 6.45) is 1.37. The Morgan fingerprint density at radius 2 is 1.95 bits per heavy atom. The van der Waals surface area contributed by atoms with Gasteiger partial charge < -0.3 is 19.6 Å². The lowest BCUT2D eigenvalue weighted by Gasteiger charge is -2.30. The molecule has 37 heavy (non-hydrogen) atoms. The molecule has 1 aliphatic heterocycles. The van der Waals surface area contributed by atoms with Crippen molar-refractivity contribution in [1.29, 1.82) is 5.41 Å². The van der Waals surface area contributed by atoms with Gasteiger partial charge in [0, 0.05) is 48.9 Å². The van der Waals surface area contributed by atoms with Gasteiger partial charge in [0.25, 0.3) is 0 Å². The number of halogens is 1. The first kappa shape index (κ1) is 30.3. The molecule has 0 amide bonds. The maximum absolute atomic E-state index is 13.5. The molecule has 0 aliphatic carbocycles. The van der Waals surface area contributed by atoms with E-state index in [0.717, 1.165) is 35.5 Å². The van der Waals surface area contributed by atoms with Crippen LogP contribution in [0.1, 0.15) is 79.8 Å². The highest BCUT2D eigenvalue weighted by molar-refractivity contribution is 8.93. The lowest BCUT2D eigenvalue weighted by Crippen LogP contribution is -2.31. The Bertz CT molecular complexity index is 1160. The average Bonchev–Trinajstić information content (AvgIpc) is 3.10. The molecule has 0 atom stereocenters. The third-order valence-electron chi connectivity index (χ3n) is 6.31. The zero-order valence-corrected chi connectivity index (χ0v) is 24.4. The molecule has 0 saturated carbocycles. The molecule has 2 aromatic rings. The van der Waals surface area contributed by atoms with Crippen LogP contribution in [-0.4, -0.2) is 59.3 Å². The van der Waals surface area contributed by atoms with Gasteiger partial charge in [0.15, 0.2) is 5.78 Å².